The van der Waals surface area contributed by atoms with E-state index in [0.29, 0.717) is 28.5 Å². The van der Waals surface area contributed by atoms with Crippen molar-refractivity contribution >= 4 is 17.2 Å². The van der Waals surface area contributed by atoms with Crippen LogP contribution in [0.2, 0.25) is 0 Å². The van der Waals surface area contributed by atoms with Gasteiger partial charge < -0.3 is 15.5 Å². The van der Waals surface area contributed by atoms with Gasteiger partial charge in [0.05, 0.1) is 25.0 Å². The van der Waals surface area contributed by atoms with Crippen molar-refractivity contribution < 1.29 is 9.53 Å². The van der Waals surface area contributed by atoms with E-state index < -0.39 is 0 Å². The number of ether oxygens (including phenoxy) is 1. The average Bonchev–Trinajstić information content (AvgIpc) is 3.21. The van der Waals surface area contributed by atoms with E-state index in [4.69, 9.17) is 16.3 Å². The smallest absolute Gasteiger partial charge is 0.157 e. The Morgan fingerprint density at radius 3 is 2.54 bits per heavy atom. The van der Waals surface area contributed by atoms with E-state index in [-0.39, 0.29) is 23.7 Å². The van der Waals surface area contributed by atoms with E-state index in [9.17, 15) is 4.79 Å². The molecule has 3 saturated carbocycles. The third kappa shape index (κ3) is 4.36. The fraction of sp³-hybridized carbons (Fsp3) is 0.767. The highest BCUT2D eigenvalue weighted by Gasteiger charge is 2.60. The minimum atomic E-state index is 0.0948. The van der Waals surface area contributed by atoms with Gasteiger partial charge in [0, 0.05) is 12.0 Å². The van der Waals surface area contributed by atoms with Crippen molar-refractivity contribution in [3.63, 3.8) is 0 Å². The van der Waals surface area contributed by atoms with Gasteiger partial charge in [-0.25, -0.2) is 5.84 Å². The highest BCUT2D eigenvalue weighted by molar-refractivity contribution is 5.87. The number of rotatable bonds is 9. The zero-order chi connectivity index (χ0) is 25.4. The Kier molecular flexibility index (Phi) is 7.76. The number of nitrogens with two attached hydrogens (primary N) is 2. The molecule has 0 amide bonds. The van der Waals surface area contributed by atoms with Crippen molar-refractivity contribution in [3.8, 4) is 5.75 Å². The van der Waals surface area contributed by atoms with Crippen molar-refractivity contribution in [3.05, 3.63) is 18.2 Å². The predicted octanol–water partition coefficient (Wildman–Crippen LogP) is 6.60. The van der Waals surface area contributed by atoms with Crippen LogP contribution >= 0.6 is 0 Å². The van der Waals surface area contributed by atoms with Crippen LogP contribution in [0.4, 0.5) is 11.4 Å². The maximum absolute atomic E-state index is 13.7. The molecule has 1 aromatic rings. The van der Waals surface area contributed by atoms with E-state index in [1.807, 2.05) is 12.1 Å². The molecule has 0 saturated heterocycles. The molecule has 196 valence electrons. The van der Waals surface area contributed by atoms with E-state index in [2.05, 4.69) is 27.7 Å². The van der Waals surface area contributed by atoms with Crippen molar-refractivity contribution in [2.45, 2.75) is 91.9 Å². The molecule has 0 aromatic heterocycles. The average molecular weight is 484 g/mol. The van der Waals surface area contributed by atoms with Crippen LogP contribution in [0.1, 0.15) is 91.9 Å². The third-order valence-corrected chi connectivity index (χ3v) is 11.0. The molecule has 3 aliphatic rings. The number of methoxy groups -OCH3 is 1. The normalized spacial score (nSPS) is 36.3. The molecule has 0 heterocycles. The molecule has 5 nitrogen and oxygen atoms in total. The highest BCUT2D eigenvalue weighted by Crippen LogP contribution is 2.67. The lowest BCUT2D eigenvalue weighted by molar-refractivity contribution is -0.134. The number of carbonyl (C=O) groups excluding carboxylic acids is 1. The van der Waals surface area contributed by atoms with Crippen LogP contribution in [0, 0.1) is 40.4 Å². The van der Waals surface area contributed by atoms with Gasteiger partial charge in [-0.2, -0.15) is 0 Å². The molecule has 7 atom stereocenters. The molecule has 4 N–H and O–H groups in total. The summed E-state index contributed by atoms with van der Waals surface area (Å²) in [6, 6.07) is 5.42. The van der Waals surface area contributed by atoms with Crippen molar-refractivity contribution in [2.24, 2.45) is 46.3 Å². The second kappa shape index (κ2) is 10.3. The zero-order valence-electron chi connectivity index (χ0n) is 22.8. The molecule has 1 aromatic carbocycles. The van der Waals surface area contributed by atoms with Crippen LogP contribution in [0.3, 0.4) is 0 Å². The van der Waals surface area contributed by atoms with E-state index in [1.54, 1.807) is 13.2 Å². The number of nitrogen functional groups attached to an aromatic ring is 1. The summed E-state index contributed by atoms with van der Waals surface area (Å²) in [5.41, 5.74) is 8.01. The number of nitrogens with zero attached hydrogens (tertiary/aromatic N) is 1. The number of hydrazine groups is 1. The first-order valence-corrected chi connectivity index (χ1v) is 14.2. The number of benzene rings is 1. The summed E-state index contributed by atoms with van der Waals surface area (Å²) in [5.74, 6) is 10.6. The first-order valence-electron chi connectivity index (χ1n) is 14.2. The first kappa shape index (κ1) is 26.3. The van der Waals surface area contributed by atoms with Gasteiger partial charge in [0.15, 0.2) is 5.78 Å². The van der Waals surface area contributed by atoms with Gasteiger partial charge in [-0.3, -0.25) is 4.79 Å². The topological polar surface area (TPSA) is 81.6 Å². The lowest BCUT2D eigenvalue weighted by atomic mass is 9.45. The number of carbonyl (C=O) groups is 1. The van der Waals surface area contributed by atoms with Gasteiger partial charge in [-0.1, -0.05) is 40.5 Å². The quantitative estimate of drug-likeness (QED) is 0.235. The lowest BCUT2D eigenvalue weighted by Gasteiger charge is -2.60. The zero-order valence-corrected chi connectivity index (χ0v) is 22.8. The fourth-order valence-electron chi connectivity index (χ4n) is 9.37. The van der Waals surface area contributed by atoms with Gasteiger partial charge in [0.2, 0.25) is 0 Å². The van der Waals surface area contributed by atoms with E-state index in [1.165, 1.54) is 62.8 Å². The molecule has 7 unspecified atom stereocenters. The largest absolute Gasteiger partial charge is 0.497 e. The molecule has 3 fully saturated rings. The Bertz CT molecular complexity index is 904. The third-order valence-electron chi connectivity index (χ3n) is 11.0. The Labute approximate surface area is 213 Å². The van der Waals surface area contributed by atoms with Crippen LogP contribution in [0.5, 0.6) is 5.75 Å². The van der Waals surface area contributed by atoms with Gasteiger partial charge in [0.25, 0.3) is 0 Å². The van der Waals surface area contributed by atoms with Crippen LogP contribution < -0.4 is 21.3 Å². The maximum atomic E-state index is 13.7. The SMILES string of the molecule is CCCC1(CC)C(CC)CCC2C3CCC(C(=O)CN(N)c4cc(OC)ccc4N)C3(C)CCC21. The minimum absolute atomic E-state index is 0.0948. The molecular formula is C30H49N3O2. The number of Topliss-reactive ketones (excluding diaryl/α,β-unsaturated/α-hetero) is 1. The van der Waals surface area contributed by atoms with Crippen molar-refractivity contribution in [2.75, 3.05) is 24.4 Å². The number of hydrogen-bond donors (Lipinski definition) is 2. The summed E-state index contributed by atoms with van der Waals surface area (Å²) < 4.78 is 5.34. The summed E-state index contributed by atoms with van der Waals surface area (Å²) in [5, 5.41) is 1.53. The van der Waals surface area contributed by atoms with E-state index in [0.717, 1.165) is 24.2 Å². The highest BCUT2D eigenvalue weighted by atomic mass is 16.5. The van der Waals surface area contributed by atoms with Gasteiger partial charge >= 0.3 is 0 Å². The molecule has 5 heteroatoms. The summed E-state index contributed by atoms with van der Waals surface area (Å²) in [4.78, 5) is 13.7. The second-order valence-electron chi connectivity index (χ2n) is 12.1. The van der Waals surface area contributed by atoms with Gasteiger partial charge in [-0.15, -0.1) is 0 Å². The predicted molar refractivity (Wildman–Crippen MR) is 145 cm³/mol. The number of hydrogen-bond acceptors (Lipinski definition) is 5. The number of anilines is 2. The summed E-state index contributed by atoms with van der Waals surface area (Å²) in [6.45, 7) is 9.87. The van der Waals surface area contributed by atoms with Gasteiger partial charge in [0.1, 0.15) is 5.75 Å². The first-order chi connectivity index (χ1) is 16.7. The number of ketones is 1. The molecule has 0 bridgehead atoms. The Morgan fingerprint density at radius 1 is 1.11 bits per heavy atom. The van der Waals surface area contributed by atoms with Gasteiger partial charge in [-0.05, 0) is 98.0 Å². The molecule has 0 aliphatic heterocycles. The Balaban J connectivity index is 1.52. The summed E-state index contributed by atoms with van der Waals surface area (Å²) >= 11 is 0. The molecule has 0 radical (unpaired) electrons. The Hall–Kier alpha value is -1.75. The lowest BCUT2D eigenvalue weighted by Crippen LogP contribution is -2.53. The molecule has 0 spiro atoms. The van der Waals surface area contributed by atoms with Crippen LogP contribution in [-0.2, 0) is 4.79 Å². The van der Waals surface area contributed by atoms with Crippen molar-refractivity contribution in [1.29, 1.82) is 0 Å². The second-order valence-corrected chi connectivity index (χ2v) is 12.1. The molecule has 35 heavy (non-hydrogen) atoms. The number of fused-ring (bicyclic) bond motifs is 3. The van der Waals surface area contributed by atoms with Crippen LogP contribution in [-0.4, -0.2) is 19.4 Å². The summed E-state index contributed by atoms with van der Waals surface area (Å²) in [7, 11) is 1.62. The molecule has 4 rings (SSSR count). The monoisotopic (exact) mass is 483 g/mol. The molecular weight excluding hydrogens is 434 g/mol. The maximum Gasteiger partial charge on any atom is 0.157 e. The minimum Gasteiger partial charge on any atom is -0.497 e. The van der Waals surface area contributed by atoms with Crippen molar-refractivity contribution in [1.82, 2.24) is 0 Å². The standard InChI is InChI=1S/C30H49N3O2/c1-6-16-30(8-3)20(7-2)9-11-22-23-12-13-25(29(23,4)17-15-24(22)30)28(34)19-33(32)27-18-21(35-5)10-14-26(27)31/h10,14,18,20,22-25H,6-9,11-13,15-17,19,31-32H2,1-5H3. The molecule has 3 aliphatic carbocycles. The summed E-state index contributed by atoms with van der Waals surface area (Å²) in [6.07, 6.45) is 12.7. The van der Waals surface area contributed by atoms with Crippen LogP contribution in [0.15, 0.2) is 18.2 Å². The Morgan fingerprint density at radius 2 is 1.89 bits per heavy atom. The fourth-order valence-corrected chi connectivity index (χ4v) is 9.37. The van der Waals surface area contributed by atoms with Crippen LogP contribution in [0.25, 0.3) is 0 Å². The van der Waals surface area contributed by atoms with E-state index >= 15 is 0 Å².